The standard InChI is InChI=1S/C20H17FN4O3/c1-11-23-24-20-16(10-18(26)27)22-19(12-4-3-5-13(21)8-12)15-9-14(28-2)6-7-17(15)25(11)20/h3-9,16H,10H2,1-2H3,(H,26,27). The van der Waals surface area contributed by atoms with E-state index in [1.54, 1.807) is 42.9 Å². The number of fused-ring (bicyclic) bond motifs is 3. The molecule has 7 nitrogen and oxygen atoms in total. The van der Waals surface area contributed by atoms with Crippen LogP contribution in [0.25, 0.3) is 5.69 Å². The van der Waals surface area contributed by atoms with E-state index in [4.69, 9.17) is 4.74 Å². The van der Waals surface area contributed by atoms with Crippen LogP contribution in [0.1, 0.15) is 35.2 Å². The Hall–Kier alpha value is -3.55. The first-order chi connectivity index (χ1) is 13.5. The lowest BCUT2D eigenvalue weighted by Crippen LogP contribution is -2.10. The smallest absolute Gasteiger partial charge is 0.306 e. The van der Waals surface area contributed by atoms with Crippen LogP contribution in [0.15, 0.2) is 47.5 Å². The minimum absolute atomic E-state index is 0.262. The molecule has 1 N–H and O–H groups in total. The molecular weight excluding hydrogens is 363 g/mol. The first kappa shape index (κ1) is 17.8. The second-order valence-corrected chi connectivity index (χ2v) is 6.43. The molecule has 1 aromatic heterocycles. The van der Waals surface area contributed by atoms with Gasteiger partial charge < -0.3 is 9.84 Å². The maximum absolute atomic E-state index is 13.9. The van der Waals surface area contributed by atoms with Crippen LogP contribution in [-0.2, 0) is 4.79 Å². The average molecular weight is 380 g/mol. The van der Waals surface area contributed by atoms with Gasteiger partial charge in [0.1, 0.15) is 23.4 Å². The summed E-state index contributed by atoms with van der Waals surface area (Å²) in [7, 11) is 1.56. The number of carboxylic acid groups (broad SMARTS) is 1. The maximum Gasteiger partial charge on any atom is 0.306 e. The van der Waals surface area contributed by atoms with Crippen LogP contribution in [0.5, 0.6) is 5.75 Å². The second kappa shape index (κ2) is 6.88. The molecule has 1 atom stereocenters. The van der Waals surface area contributed by atoms with Gasteiger partial charge in [0.2, 0.25) is 0 Å². The van der Waals surface area contributed by atoms with Gasteiger partial charge in [0, 0.05) is 11.1 Å². The molecule has 1 aliphatic rings. The summed E-state index contributed by atoms with van der Waals surface area (Å²) < 4.78 is 21.1. The summed E-state index contributed by atoms with van der Waals surface area (Å²) in [5.41, 5.74) is 2.43. The van der Waals surface area contributed by atoms with Crippen molar-refractivity contribution in [3.05, 3.63) is 71.1 Å². The molecule has 2 heterocycles. The van der Waals surface area contributed by atoms with Gasteiger partial charge in [-0.2, -0.15) is 0 Å². The van der Waals surface area contributed by atoms with Crippen molar-refractivity contribution >= 4 is 11.7 Å². The van der Waals surface area contributed by atoms with Crippen LogP contribution in [0, 0.1) is 12.7 Å². The van der Waals surface area contributed by atoms with Gasteiger partial charge in [-0.1, -0.05) is 12.1 Å². The van der Waals surface area contributed by atoms with E-state index < -0.39 is 17.8 Å². The SMILES string of the molecule is COc1ccc2c(c1)C(c1cccc(F)c1)=NC(CC(=O)O)c1nnc(C)n1-2. The molecule has 0 saturated carbocycles. The summed E-state index contributed by atoms with van der Waals surface area (Å²) in [5.74, 6) is 0.222. The third-order valence-electron chi connectivity index (χ3n) is 4.60. The lowest BCUT2D eigenvalue weighted by molar-refractivity contribution is -0.137. The van der Waals surface area contributed by atoms with Gasteiger partial charge in [0.15, 0.2) is 5.82 Å². The minimum Gasteiger partial charge on any atom is -0.497 e. The molecule has 8 heteroatoms. The molecule has 2 aromatic carbocycles. The number of halogens is 1. The third-order valence-corrected chi connectivity index (χ3v) is 4.60. The van der Waals surface area contributed by atoms with Crippen molar-refractivity contribution in [2.24, 2.45) is 4.99 Å². The second-order valence-electron chi connectivity index (χ2n) is 6.43. The fourth-order valence-corrected chi connectivity index (χ4v) is 3.37. The summed E-state index contributed by atoms with van der Waals surface area (Å²) in [6, 6.07) is 10.7. The first-order valence-corrected chi connectivity index (χ1v) is 8.64. The van der Waals surface area contributed by atoms with Crippen molar-refractivity contribution in [2.45, 2.75) is 19.4 Å². The number of aliphatic imine (C=N–C) groups is 1. The summed E-state index contributed by atoms with van der Waals surface area (Å²) in [6.07, 6.45) is -0.262. The highest BCUT2D eigenvalue weighted by molar-refractivity contribution is 6.15. The molecule has 142 valence electrons. The Bertz CT molecular complexity index is 1110. The molecule has 0 amide bonds. The van der Waals surface area contributed by atoms with Gasteiger partial charge in [-0.05, 0) is 37.3 Å². The number of nitrogens with zero attached hydrogens (tertiary/aromatic N) is 4. The van der Waals surface area contributed by atoms with Gasteiger partial charge in [-0.3, -0.25) is 14.4 Å². The molecule has 4 rings (SSSR count). The Labute approximate surface area is 160 Å². The van der Waals surface area contributed by atoms with Crippen LogP contribution in [0.3, 0.4) is 0 Å². The number of hydrogen-bond donors (Lipinski definition) is 1. The average Bonchev–Trinajstić information content (AvgIpc) is 2.99. The van der Waals surface area contributed by atoms with Crippen molar-refractivity contribution < 1.29 is 19.0 Å². The number of carbonyl (C=O) groups is 1. The zero-order chi connectivity index (χ0) is 19.8. The largest absolute Gasteiger partial charge is 0.497 e. The van der Waals surface area contributed by atoms with Crippen LogP contribution in [0.2, 0.25) is 0 Å². The normalized spacial score (nSPS) is 15.2. The summed E-state index contributed by atoms with van der Waals surface area (Å²) in [5, 5.41) is 17.7. The zero-order valence-corrected chi connectivity index (χ0v) is 15.3. The van der Waals surface area contributed by atoms with Gasteiger partial charge in [0.05, 0.1) is 24.9 Å². The van der Waals surface area contributed by atoms with Crippen LogP contribution in [-0.4, -0.2) is 38.7 Å². The molecule has 0 bridgehead atoms. The van der Waals surface area contributed by atoms with E-state index in [-0.39, 0.29) is 6.42 Å². The Morgan fingerprint density at radius 2 is 2.07 bits per heavy atom. The molecule has 0 spiro atoms. The van der Waals surface area contributed by atoms with Gasteiger partial charge in [-0.15, -0.1) is 10.2 Å². The monoisotopic (exact) mass is 380 g/mol. The third kappa shape index (κ3) is 3.02. The van der Waals surface area contributed by atoms with Crippen LogP contribution >= 0.6 is 0 Å². The number of benzene rings is 2. The highest BCUT2D eigenvalue weighted by Gasteiger charge is 2.29. The van der Waals surface area contributed by atoms with E-state index in [1.165, 1.54) is 12.1 Å². The van der Waals surface area contributed by atoms with Gasteiger partial charge in [0.25, 0.3) is 0 Å². The molecule has 0 aliphatic carbocycles. The number of aryl methyl sites for hydroxylation is 1. The van der Waals surface area contributed by atoms with Crippen LogP contribution < -0.4 is 4.74 Å². The lowest BCUT2D eigenvalue weighted by Gasteiger charge is -2.14. The first-order valence-electron chi connectivity index (χ1n) is 8.64. The lowest BCUT2D eigenvalue weighted by atomic mass is 9.99. The van der Waals surface area contributed by atoms with E-state index in [2.05, 4.69) is 15.2 Å². The fourth-order valence-electron chi connectivity index (χ4n) is 3.37. The number of aromatic nitrogens is 3. The Morgan fingerprint density at radius 1 is 1.25 bits per heavy atom. The number of carboxylic acids is 1. The molecule has 0 saturated heterocycles. The summed E-state index contributed by atoms with van der Waals surface area (Å²) in [4.78, 5) is 16.1. The topological polar surface area (TPSA) is 89.6 Å². The summed E-state index contributed by atoms with van der Waals surface area (Å²) in [6.45, 7) is 1.79. The highest BCUT2D eigenvalue weighted by atomic mass is 19.1. The van der Waals surface area contributed by atoms with Crippen molar-refractivity contribution in [3.63, 3.8) is 0 Å². The Kier molecular flexibility index (Phi) is 4.38. The Morgan fingerprint density at radius 3 is 2.79 bits per heavy atom. The molecule has 1 aliphatic heterocycles. The molecule has 1 unspecified atom stereocenters. The molecule has 28 heavy (non-hydrogen) atoms. The van der Waals surface area contributed by atoms with Crippen molar-refractivity contribution in [1.29, 1.82) is 0 Å². The van der Waals surface area contributed by atoms with Crippen molar-refractivity contribution in [1.82, 2.24) is 14.8 Å². The van der Waals surface area contributed by atoms with E-state index >= 15 is 0 Å². The molecule has 0 radical (unpaired) electrons. The van der Waals surface area contributed by atoms with E-state index in [9.17, 15) is 14.3 Å². The van der Waals surface area contributed by atoms with E-state index in [0.29, 0.717) is 34.2 Å². The highest BCUT2D eigenvalue weighted by Crippen LogP contribution is 2.34. The number of rotatable bonds is 4. The number of methoxy groups -OCH3 is 1. The van der Waals surface area contributed by atoms with Crippen molar-refractivity contribution in [3.8, 4) is 11.4 Å². The number of ether oxygens (including phenoxy) is 1. The minimum atomic E-state index is -1.01. The number of hydrogen-bond acceptors (Lipinski definition) is 5. The predicted molar refractivity (Wildman–Crippen MR) is 99.7 cm³/mol. The molecular formula is C20H17FN4O3. The summed E-state index contributed by atoms with van der Waals surface area (Å²) >= 11 is 0. The van der Waals surface area contributed by atoms with E-state index in [0.717, 1.165) is 5.69 Å². The Balaban J connectivity index is 2.04. The van der Waals surface area contributed by atoms with Crippen LogP contribution in [0.4, 0.5) is 4.39 Å². The van der Waals surface area contributed by atoms with Crippen molar-refractivity contribution in [2.75, 3.05) is 7.11 Å². The quantitative estimate of drug-likeness (QED) is 0.751. The molecule has 0 fully saturated rings. The number of aliphatic carboxylic acids is 1. The fraction of sp³-hybridized carbons (Fsp3) is 0.200. The zero-order valence-electron chi connectivity index (χ0n) is 15.3. The molecule has 3 aromatic rings. The van der Waals surface area contributed by atoms with Gasteiger partial charge in [-0.25, -0.2) is 4.39 Å². The maximum atomic E-state index is 13.9. The predicted octanol–water partition coefficient (Wildman–Crippen LogP) is 3.09. The van der Waals surface area contributed by atoms with E-state index in [1.807, 2.05) is 6.07 Å². The van der Waals surface area contributed by atoms with Gasteiger partial charge >= 0.3 is 5.97 Å².